The molecular formula is C27H30NO4Pt-. The maximum absolute atomic E-state index is 10.0. The van der Waals surface area contributed by atoms with E-state index in [-0.39, 0.29) is 32.6 Å². The van der Waals surface area contributed by atoms with Crippen molar-refractivity contribution < 1.29 is 40.4 Å². The number of methoxy groups -OCH3 is 2. The summed E-state index contributed by atoms with van der Waals surface area (Å²) in [7, 11) is 3.32. The summed E-state index contributed by atoms with van der Waals surface area (Å²) in [6.45, 7) is 9.24. The number of ketones is 1. The fraction of sp³-hybridized carbons (Fsp3) is 0.259. The van der Waals surface area contributed by atoms with Crippen molar-refractivity contribution in [3.8, 4) is 33.9 Å². The molecule has 0 bridgehead atoms. The Kier molecular flexibility index (Phi) is 11.0. The minimum absolute atomic E-state index is 0. The molecule has 0 fully saturated rings. The smallest absolute Gasteiger partial charge is 0.155 e. The Labute approximate surface area is 210 Å². The zero-order valence-electron chi connectivity index (χ0n) is 20.1. The van der Waals surface area contributed by atoms with Crippen LogP contribution >= 0.6 is 0 Å². The number of aliphatic hydroxyl groups excluding tert-OH is 1. The number of aromatic nitrogens is 1. The third-order valence-electron chi connectivity index (χ3n) is 4.73. The van der Waals surface area contributed by atoms with Gasteiger partial charge in [0.2, 0.25) is 0 Å². The van der Waals surface area contributed by atoms with Gasteiger partial charge in [-0.15, -0.1) is 12.1 Å². The number of hydrogen-bond donors (Lipinski definition) is 1. The Morgan fingerprint density at radius 3 is 2.15 bits per heavy atom. The quantitative estimate of drug-likeness (QED) is 0.208. The third kappa shape index (κ3) is 7.87. The predicted molar refractivity (Wildman–Crippen MR) is 128 cm³/mol. The van der Waals surface area contributed by atoms with Gasteiger partial charge in [-0.3, -0.25) is 4.79 Å². The van der Waals surface area contributed by atoms with Gasteiger partial charge in [0.15, 0.2) is 5.78 Å². The monoisotopic (exact) mass is 627 g/mol. The molecule has 1 heterocycles. The first-order chi connectivity index (χ1) is 15.2. The van der Waals surface area contributed by atoms with E-state index in [0.717, 1.165) is 28.3 Å². The molecule has 6 heteroatoms. The zero-order chi connectivity index (χ0) is 23.8. The van der Waals surface area contributed by atoms with Crippen molar-refractivity contribution in [1.82, 2.24) is 4.98 Å². The van der Waals surface area contributed by atoms with Crippen LogP contribution in [0.25, 0.3) is 22.4 Å². The van der Waals surface area contributed by atoms with Crippen LogP contribution in [0.4, 0.5) is 0 Å². The van der Waals surface area contributed by atoms with Crippen LogP contribution in [0.5, 0.6) is 11.5 Å². The number of pyridine rings is 1. The topological polar surface area (TPSA) is 68.7 Å². The summed E-state index contributed by atoms with van der Waals surface area (Å²) in [5.41, 5.74) is 7.70. The second-order valence-corrected chi connectivity index (χ2v) is 7.58. The van der Waals surface area contributed by atoms with E-state index < -0.39 is 0 Å². The Bertz CT molecular complexity index is 1110. The second kappa shape index (κ2) is 13.0. The van der Waals surface area contributed by atoms with E-state index in [1.54, 1.807) is 20.4 Å². The molecule has 0 spiro atoms. The molecule has 3 rings (SSSR count). The molecule has 0 radical (unpaired) electrons. The molecular weight excluding hydrogens is 597 g/mol. The Morgan fingerprint density at radius 2 is 1.67 bits per heavy atom. The van der Waals surface area contributed by atoms with Crippen molar-refractivity contribution in [2.24, 2.45) is 0 Å². The molecule has 5 nitrogen and oxygen atoms in total. The van der Waals surface area contributed by atoms with Crippen LogP contribution in [0.1, 0.15) is 30.5 Å². The molecule has 1 N–H and O–H groups in total. The average Bonchev–Trinajstić information content (AvgIpc) is 2.72. The van der Waals surface area contributed by atoms with Crippen molar-refractivity contribution >= 4 is 5.78 Å². The third-order valence-corrected chi connectivity index (χ3v) is 4.73. The molecule has 0 aliphatic rings. The number of aliphatic hydroxyl groups is 1. The van der Waals surface area contributed by atoms with Gasteiger partial charge >= 0.3 is 0 Å². The van der Waals surface area contributed by atoms with Crippen molar-refractivity contribution in [2.45, 2.75) is 34.6 Å². The van der Waals surface area contributed by atoms with E-state index in [1.807, 2.05) is 18.2 Å². The average molecular weight is 628 g/mol. The number of hydrogen-bond acceptors (Lipinski definition) is 5. The van der Waals surface area contributed by atoms with Gasteiger partial charge in [-0.1, -0.05) is 51.6 Å². The first-order valence-electron chi connectivity index (χ1n) is 10.2. The van der Waals surface area contributed by atoms with Gasteiger partial charge in [0, 0.05) is 39.1 Å². The molecule has 0 aliphatic carbocycles. The molecule has 0 saturated heterocycles. The summed E-state index contributed by atoms with van der Waals surface area (Å²) in [5.74, 6) is 1.44. The molecule has 0 atom stereocenters. The number of ether oxygens (including phenoxy) is 2. The van der Waals surface area contributed by atoms with Crippen molar-refractivity contribution in [3.05, 3.63) is 77.2 Å². The van der Waals surface area contributed by atoms with Gasteiger partial charge in [0.1, 0.15) is 5.75 Å². The van der Waals surface area contributed by atoms with Gasteiger partial charge < -0.3 is 19.6 Å². The number of carbonyl (C=O) groups excluding carboxylic acids is 1. The molecule has 0 saturated carbocycles. The van der Waals surface area contributed by atoms with E-state index in [1.165, 1.54) is 42.2 Å². The molecule has 33 heavy (non-hydrogen) atoms. The fourth-order valence-corrected chi connectivity index (χ4v) is 3.59. The molecule has 178 valence electrons. The van der Waals surface area contributed by atoms with Crippen LogP contribution in [0.15, 0.2) is 54.4 Å². The Balaban J connectivity index is 0.000000595. The molecule has 0 amide bonds. The van der Waals surface area contributed by atoms with E-state index in [0.29, 0.717) is 0 Å². The maximum Gasteiger partial charge on any atom is 0.155 e. The molecule has 2 aromatic carbocycles. The van der Waals surface area contributed by atoms with E-state index in [2.05, 4.69) is 50.0 Å². The van der Waals surface area contributed by atoms with Crippen LogP contribution in [0, 0.1) is 26.8 Å². The minimum atomic E-state index is -0.125. The molecule has 3 aromatic rings. The summed E-state index contributed by atoms with van der Waals surface area (Å²) < 4.78 is 10.9. The summed E-state index contributed by atoms with van der Waals surface area (Å²) in [6.07, 6.45) is 2.89. The normalized spacial score (nSPS) is 10.5. The van der Waals surface area contributed by atoms with Gasteiger partial charge in [0.05, 0.1) is 20.0 Å². The van der Waals surface area contributed by atoms with Crippen LogP contribution in [0.2, 0.25) is 0 Å². The minimum Gasteiger partial charge on any atom is -0.540 e. The predicted octanol–water partition coefficient (Wildman–Crippen LogP) is 6.19. The van der Waals surface area contributed by atoms with Crippen molar-refractivity contribution in [1.29, 1.82) is 0 Å². The molecule has 1 aromatic heterocycles. The Hall–Kier alpha value is -2.91. The SMILES string of the molecule is CC(=O)/C=C(/C)O.COc1ccnc(-c2[c-]cc(-c3c(C)cc(C)cc3C)cc2OC)c1.[Pt]. The number of benzene rings is 2. The molecule has 0 unspecified atom stereocenters. The fourth-order valence-electron chi connectivity index (χ4n) is 3.59. The molecule has 0 aliphatic heterocycles. The number of carbonyl (C=O) groups is 1. The summed E-state index contributed by atoms with van der Waals surface area (Å²) in [4.78, 5) is 14.4. The van der Waals surface area contributed by atoms with E-state index >= 15 is 0 Å². The maximum atomic E-state index is 10.0. The Morgan fingerprint density at radius 1 is 1.03 bits per heavy atom. The van der Waals surface area contributed by atoms with E-state index in [9.17, 15) is 4.79 Å². The van der Waals surface area contributed by atoms with Gasteiger partial charge in [0.25, 0.3) is 0 Å². The van der Waals surface area contributed by atoms with Crippen LogP contribution in [-0.2, 0) is 25.9 Å². The van der Waals surface area contributed by atoms with Crippen LogP contribution in [-0.4, -0.2) is 30.1 Å². The van der Waals surface area contributed by atoms with Crippen LogP contribution in [0.3, 0.4) is 0 Å². The summed E-state index contributed by atoms with van der Waals surface area (Å²) in [6, 6.07) is 15.5. The number of allylic oxidation sites excluding steroid dienone is 2. The van der Waals surface area contributed by atoms with Crippen molar-refractivity contribution in [2.75, 3.05) is 14.2 Å². The summed E-state index contributed by atoms with van der Waals surface area (Å²) >= 11 is 0. The van der Waals surface area contributed by atoms with Gasteiger partial charge in [-0.25, -0.2) is 0 Å². The van der Waals surface area contributed by atoms with Gasteiger partial charge in [-0.2, -0.15) is 0 Å². The number of aryl methyl sites for hydroxylation is 3. The van der Waals surface area contributed by atoms with Gasteiger partial charge in [-0.05, 0) is 52.4 Å². The second-order valence-electron chi connectivity index (χ2n) is 7.58. The van der Waals surface area contributed by atoms with Crippen LogP contribution < -0.4 is 9.47 Å². The first-order valence-corrected chi connectivity index (χ1v) is 10.2. The van der Waals surface area contributed by atoms with Crippen molar-refractivity contribution in [3.63, 3.8) is 0 Å². The summed E-state index contributed by atoms with van der Waals surface area (Å²) in [5, 5.41) is 8.36. The number of rotatable bonds is 5. The zero-order valence-corrected chi connectivity index (χ0v) is 22.3. The largest absolute Gasteiger partial charge is 0.540 e. The first kappa shape index (κ1) is 28.1. The standard InChI is InChI=1S/C22H22NO2.C5H8O2.Pt/c1-14-10-15(2)22(16(3)11-14)17-6-7-19(21(12-17)25-5)20-13-18(24-4)8-9-23-20;1-4(6)3-5(2)7;/h6,8-13H,1-5H3;3,6H,1-2H3;/q-1;;/b;4-3-;. The van der Waals surface area contributed by atoms with E-state index in [4.69, 9.17) is 14.6 Å². The number of nitrogens with zero attached hydrogens (tertiary/aromatic N) is 1.